The summed E-state index contributed by atoms with van der Waals surface area (Å²) in [5.74, 6) is -2.23. The van der Waals surface area contributed by atoms with Crippen molar-refractivity contribution in [1.29, 1.82) is 0 Å². The normalized spacial score (nSPS) is 16.4. The van der Waals surface area contributed by atoms with Gasteiger partial charge in [0.2, 0.25) is 5.91 Å². The number of aromatic nitrogens is 2. The second kappa shape index (κ2) is 10.1. The minimum Gasteiger partial charge on any atom is -0.363 e. The molecule has 2 aromatic carbocycles. The topological polar surface area (TPSA) is 75.2 Å². The maximum atomic E-state index is 15.1. The van der Waals surface area contributed by atoms with Gasteiger partial charge in [-0.3, -0.25) is 4.79 Å². The first-order valence-electron chi connectivity index (χ1n) is 11.3. The summed E-state index contributed by atoms with van der Waals surface area (Å²) in [7, 11) is -3.21. The van der Waals surface area contributed by atoms with Gasteiger partial charge in [0.05, 0.1) is 17.1 Å². The van der Waals surface area contributed by atoms with Gasteiger partial charge in [0, 0.05) is 54.7 Å². The number of benzene rings is 2. The third-order valence-corrected chi connectivity index (χ3v) is 9.46. The zero-order valence-electron chi connectivity index (χ0n) is 19.6. The van der Waals surface area contributed by atoms with Crippen molar-refractivity contribution in [2.45, 2.75) is 33.0 Å². The number of hydrogen-bond donors (Lipinski definition) is 1. The van der Waals surface area contributed by atoms with E-state index < -0.39 is 43.5 Å². The van der Waals surface area contributed by atoms with E-state index in [0.29, 0.717) is 0 Å². The Morgan fingerprint density at radius 2 is 1.81 bits per heavy atom. The number of alkyl halides is 3. The van der Waals surface area contributed by atoms with Gasteiger partial charge in [0.25, 0.3) is 6.43 Å². The number of amides is 1. The Morgan fingerprint density at radius 1 is 1.14 bits per heavy atom. The summed E-state index contributed by atoms with van der Waals surface area (Å²) >= 11 is 0. The molecule has 1 aromatic heterocycles. The molecule has 1 aliphatic heterocycles. The van der Waals surface area contributed by atoms with Gasteiger partial charge in [-0.2, -0.15) is 0 Å². The third-order valence-electron chi connectivity index (χ3n) is 6.39. The number of carbonyl (C=O) groups is 1. The van der Waals surface area contributed by atoms with Crippen molar-refractivity contribution in [2.24, 2.45) is 0 Å². The number of fused-ring (bicyclic) bond motifs is 1. The number of hydrogen-bond acceptors (Lipinski definition) is 5. The monoisotopic (exact) mass is 526 g/mol. The van der Waals surface area contributed by atoms with Gasteiger partial charge in [-0.15, -0.1) is 0 Å². The van der Waals surface area contributed by atoms with E-state index in [9.17, 15) is 26.9 Å². The largest absolute Gasteiger partial charge is 0.363 e. The van der Waals surface area contributed by atoms with E-state index >= 15 is 4.39 Å². The lowest BCUT2D eigenvalue weighted by Crippen LogP contribution is -2.40. The van der Waals surface area contributed by atoms with Crippen molar-refractivity contribution in [1.82, 2.24) is 14.9 Å². The molecule has 1 atom stereocenters. The average molecular weight is 526 g/mol. The van der Waals surface area contributed by atoms with Crippen LogP contribution in [0.1, 0.15) is 43.3 Å². The Labute approximate surface area is 204 Å². The summed E-state index contributed by atoms with van der Waals surface area (Å²) in [6, 6.07) is 5.15. The molecule has 3 aromatic rings. The van der Waals surface area contributed by atoms with E-state index in [1.54, 1.807) is 4.90 Å². The van der Waals surface area contributed by atoms with Crippen molar-refractivity contribution in [2.75, 3.05) is 30.7 Å². The Bertz CT molecular complexity index is 1360. The van der Waals surface area contributed by atoms with Crippen molar-refractivity contribution >= 4 is 35.1 Å². The van der Waals surface area contributed by atoms with Gasteiger partial charge in [0.1, 0.15) is 31.3 Å². The smallest absolute Gasteiger partial charge is 0.266 e. The standard InChI is InChI=1S/C24H24F5N4O2P/c1-13(15-4-3-5-16(22(15)27)23(28)29)30-24-17-10-20(18(26)11-19(17)31-21(12-25)32-24)36(35)8-6-33(7-9-36)14(2)34/h3-5,10-11,13,23H,6-9,12H2,1-2H3,(H,30,31,32)/t13-/m1/s1. The van der Waals surface area contributed by atoms with E-state index in [4.69, 9.17) is 0 Å². The van der Waals surface area contributed by atoms with Crippen molar-refractivity contribution < 1.29 is 31.3 Å². The second-order valence-electron chi connectivity index (χ2n) is 8.70. The van der Waals surface area contributed by atoms with Gasteiger partial charge in [-0.1, -0.05) is 18.2 Å². The number of rotatable bonds is 6. The lowest BCUT2D eigenvalue weighted by atomic mass is 10.0. The zero-order valence-corrected chi connectivity index (χ0v) is 20.5. The third kappa shape index (κ3) is 4.93. The fraction of sp³-hybridized carbons (Fsp3) is 0.375. The summed E-state index contributed by atoms with van der Waals surface area (Å²) in [6.45, 7) is 2.32. The van der Waals surface area contributed by atoms with Crippen LogP contribution in [-0.2, 0) is 16.0 Å². The molecule has 1 fully saturated rings. The van der Waals surface area contributed by atoms with Crippen LogP contribution in [0.5, 0.6) is 0 Å². The quantitative estimate of drug-likeness (QED) is 0.347. The molecular weight excluding hydrogens is 502 g/mol. The Balaban J connectivity index is 1.76. The molecule has 0 aliphatic carbocycles. The number of nitrogens with one attached hydrogen (secondary N) is 1. The van der Waals surface area contributed by atoms with Crippen LogP contribution in [0.25, 0.3) is 10.9 Å². The van der Waals surface area contributed by atoms with Crippen LogP contribution in [0.3, 0.4) is 0 Å². The molecule has 2 heterocycles. The predicted molar refractivity (Wildman–Crippen MR) is 127 cm³/mol. The Hall–Kier alpha value is -3.07. The molecule has 0 unspecified atom stereocenters. The predicted octanol–water partition coefficient (Wildman–Crippen LogP) is 5.34. The van der Waals surface area contributed by atoms with Crippen LogP contribution in [0.15, 0.2) is 30.3 Å². The van der Waals surface area contributed by atoms with Crippen LogP contribution in [0.4, 0.5) is 27.8 Å². The first-order chi connectivity index (χ1) is 17.0. The molecule has 0 spiro atoms. The summed E-state index contributed by atoms with van der Waals surface area (Å²) in [6.07, 6.45) is -2.81. The van der Waals surface area contributed by atoms with Crippen LogP contribution in [0.2, 0.25) is 0 Å². The van der Waals surface area contributed by atoms with Crippen LogP contribution in [0, 0.1) is 11.6 Å². The van der Waals surface area contributed by atoms with Crippen molar-refractivity contribution in [3.8, 4) is 0 Å². The molecule has 1 amide bonds. The Kier molecular flexibility index (Phi) is 7.31. The molecule has 192 valence electrons. The highest BCUT2D eigenvalue weighted by molar-refractivity contribution is 7.71. The zero-order chi connectivity index (χ0) is 26.2. The van der Waals surface area contributed by atoms with E-state index in [0.717, 1.165) is 12.1 Å². The van der Waals surface area contributed by atoms with E-state index in [1.807, 2.05) is 0 Å². The highest BCUT2D eigenvalue weighted by Gasteiger charge is 2.34. The fourth-order valence-corrected chi connectivity index (χ4v) is 7.02. The summed E-state index contributed by atoms with van der Waals surface area (Å²) in [4.78, 5) is 21.3. The highest BCUT2D eigenvalue weighted by Crippen LogP contribution is 2.47. The number of anilines is 1. The summed E-state index contributed by atoms with van der Waals surface area (Å²) in [5.41, 5.74) is -0.769. The molecule has 1 N–H and O–H groups in total. The summed E-state index contributed by atoms with van der Waals surface area (Å²) in [5, 5.41) is 3.10. The molecule has 0 bridgehead atoms. The highest BCUT2D eigenvalue weighted by atomic mass is 31.2. The molecule has 1 saturated heterocycles. The van der Waals surface area contributed by atoms with Gasteiger partial charge < -0.3 is 14.8 Å². The maximum absolute atomic E-state index is 15.1. The number of carbonyl (C=O) groups excluding carboxylic acids is 1. The lowest BCUT2D eigenvalue weighted by Gasteiger charge is -2.32. The molecule has 0 saturated carbocycles. The Morgan fingerprint density at radius 3 is 2.42 bits per heavy atom. The van der Waals surface area contributed by atoms with Crippen molar-refractivity contribution in [3.05, 3.63) is 58.9 Å². The minimum absolute atomic E-state index is 0.0252. The first-order valence-corrected chi connectivity index (χ1v) is 13.3. The summed E-state index contributed by atoms with van der Waals surface area (Å²) < 4.78 is 83.3. The number of halogens is 5. The van der Waals surface area contributed by atoms with Crippen LogP contribution in [-0.4, -0.2) is 46.2 Å². The average Bonchev–Trinajstić information content (AvgIpc) is 2.83. The van der Waals surface area contributed by atoms with Crippen LogP contribution < -0.4 is 10.6 Å². The van der Waals surface area contributed by atoms with E-state index in [2.05, 4.69) is 15.3 Å². The molecule has 36 heavy (non-hydrogen) atoms. The molecule has 0 radical (unpaired) electrons. The van der Waals surface area contributed by atoms with Crippen LogP contribution >= 0.6 is 7.14 Å². The fourth-order valence-electron chi connectivity index (χ4n) is 4.37. The van der Waals surface area contributed by atoms with E-state index in [-0.39, 0.29) is 64.7 Å². The lowest BCUT2D eigenvalue weighted by molar-refractivity contribution is -0.128. The molecule has 6 nitrogen and oxygen atoms in total. The minimum atomic E-state index is -3.21. The van der Waals surface area contributed by atoms with Gasteiger partial charge >= 0.3 is 0 Å². The second-order valence-corrected chi connectivity index (χ2v) is 11.9. The van der Waals surface area contributed by atoms with E-state index in [1.165, 1.54) is 32.0 Å². The molecule has 4 rings (SSSR count). The SMILES string of the molecule is CC(=O)N1CCP(=O)(c2cc3c(N[C@H](C)c4cccc(C(F)F)c4F)nc(CF)nc3cc2F)CC1. The molecule has 1 aliphatic rings. The van der Waals surface area contributed by atoms with Crippen molar-refractivity contribution in [3.63, 3.8) is 0 Å². The van der Waals surface area contributed by atoms with Gasteiger partial charge in [-0.05, 0) is 13.0 Å². The maximum Gasteiger partial charge on any atom is 0.266 e. The molecular formula is C24H24F5N4O2P. The first kappa shape index (κ1) is 26.0. The molecule has 12 heteroatoms. The van der Waals surface area contributed by atoms with Gasteiger partial charge in [-0.25, -0.2) is 31.9 Å². The van der Waals surface area contributed by atoms with Gasteiger partial charge in [0.15, 0.2) is 5.82 Å². The number of nitrogens with zero attached hydrogens (tertiary/aromatic N) is 3.